The summed E-state index contributed by atoms with van der Waals surface area (Å²) in [6, 6.07) is 7.57. The summed E-state index contributed by atoms with van der Waals surface area (Å²) < 4.78 is 0. The second-order valence-corrected chi connectivity index (χ2v) is 5.93. The molecule has 1 fully saturated rings. The van der Waals surface area contributed by atoms with Gasteiger partial charge in [-0.1, -0.05) is 24.3 Å². The number of urea groups is 1. The zero-order valence-corrected chi connectivity index (χ0v) is 13.8. The molecule has 6 heteroatoms. The third kappa shape index (κ3) is 4.09. The summed E-state index contributed by atoms with van der Waals surface area (Å²) in [7, 11) is 1.59. The number of nitrogens with one attached hydrogen (secondary N) is 1. The van der Waals surface area contributed by atoms with Gasteiger partial charge in [-0.25, -0.2) is 4.79 Å². The van der Waals surface area contributed by atoms with E-state index in [9.17, 15) is 14.4 Å². The minimum Gasteiger partial charge on any atom is -0.350 e. The minimum atomic E-state index is -0.288. The number of aryl methyl sites for hydroxylation is 1. The van der Waals surface area contributed by atoms with E-state index in [1.54, 1.807) is 7.05 Å². The Hall–Kier alpha value is -2.37. The molecule has 1 aliphatic heterocycles. The molecule has 1 aliphatic rings. The molecular weight excluding hydrogens is 294 g/mol. The summed E-state index contributed by atoms with van der Waals surface area (Å²) in [6.45, 7) is 4.37. The summed E-state index contributed by atoms with van der Waals surface area (Å²) >= 11 is 0. The maximum absolute atomic E-state index is 12.0. The molecule has 1 aromatic carbocycles. The number of carbonyl (C=O) groups is 3. The Bertz CT molecular complexity index is 615. The SMILES string of the molecule is Cc1ccccc1C(C)NC(=O)CCCN1C(=O)CN(C)C1=O. The number of imide groups is 1. The van der Waals surface area contributed by atoms with Crippen molar-refractivity contribution >= 4 is 17.8 Å². The highest BCUT2D eigenvalue weighted by atomic mass is 16.2. The number of amides is 4. The first-order chi connectivity index (χ1) is 10.9. The van der Waals surface area contributed by atoms with E-state index in [1.807, 2.05) is 38.1 Å². The Balaban J connectivity index is 1.78. The average Bonchev–Trinajstić information content (AvgIpc) is 2.73. The van der Waals surface area contributed by atoms with Crippen molar-refractivity contribution in [2.45, 2.75) is 32.7 Å². The molecule has 124 valence electrons. The molecule has 1 atom stereocenters. The van der Waals surface area contributed by atoms with Crippen LogP contribution in [0.4, 0.5) is 4.79 Å². The summed E-state index contributed by atoms with van der Waals surface area (Å²) in [4.78, 5) is 38.0. The molecule has 0 aromatic heterocycles. The quantitative estimate of drug-likeness (QED) is 0.814. The Morgan fingerprint density at radius 3 is 2.61 bits per heavy atom. The largest absolute Gasteiger partial charge is 0.350 e. The van der Waals surface area contributed by atoms with Crippen molar-refractivity contribution in [1.29, 1.82) is 0 Å². The van der Waals surface area contributed by atoms with Crippen LogP contribution in [0.1, 0.15) is 36.9 Å². The van der Waals surface area contributed by atoms with Gasteiger partial charge in [0, 0.05) is 20.0 Å². The van der Waals surface area contributed by atoms with Crippen LogP contribution in [0.15, 0.2) is 24.3 Å². The first-order valence-corrected chi connectivity index (χ1v) is 7.80. The van der Waals surface area contributed by atoms with Crippen molar-refractivity contribution in [3.63, 3.8) is 0 Å². The highest BCUT2D eigenvalue weighted by Crippen LogP contribution is 2.17. The Morgan fingerprint density at radius 1 is 1.30 bits per heavy atom. The molecule has 1 unspecified atom stereocenters. The molecule has 2 rings (SSSR count). The van der Waals surface area contributed by atoms with E-state index in [0.29, 0.717) is 6.42 Å². The number of rotatable bonds is 6. The Morgan fingerprint density at radius 2 is 2.00 bits per heavy atom. The molecule has 1 N–H and O–H groups in total. The van der Waals surface area contributed by atoms with E-state index in [0.717, 1.165) is 11.1 Å². The van der Waals surface area contributed by atoms with Crippen LogP contribution in [0.2, 0.25) is 0 Å². The fourth-order valence-electron chi connectivity index (χ4n) is 2.75. The van der Waals surface area contributed by atoms with Crippen molar-refractivity contribution in [3.8, 4) is 0 Å². The molecular formula is C17H23N3O3. The van der Waals surface area contributed by atoms with E-state index >= 15 is 0 Å². The maximum atomic E-state index is 12.0. The van der Waals surface area contributed by atoms with Crippen molar-refractivity contribution < 1.29 is 14.4 Å². The average molecular weight is 317 g/mol. The van der Waals surface area contributed by atoms with Crippen LogP contribution in [-0.4, -0.2) is 47.8 Å². The van der Waals surface area contributed by atoms with Crippen molar-refractivity contribution in [3.05, 3.63) is 35.4 Å². The normalized spacial score (nSPS) is 16.0. The van der Waals surface area contributed by atoms with Gasteiger partial charge < -0.3 is 10.2 Å². The summed E-state index contributed by atoms with van der Waals surface area (Å²) in [5, 5.41) is 2.96. The second-order valence-electron chi connectivity index (χ2n) is 5.93. The van der Waals surface area contributed by atoms with Crippen LogP contribution in [0.5, 0.6) is 0 Å². The maximum Gasteiger partial charge on any atom is 0.326 e. The lowest BCUT2D eigenvalue weighted by atomic mass is 10.0. The van der Waals surface area contributed by atoms with E-state index in [2.05, 4.69) is 5.32 Å². The highest BCUT2D eigenvalue weighted by molar-refractivity contribution is 6.01. The molecule has 0 aliphatic carbocycles. The molecule has 4 amide bonds. The predicted octanol–water partition coefficient (Wildman–Crippen LogP) is 1.85. The molecule has 1 heterocycles. The molecule has 1 saturated heterocycles. The van der Waals surface area contributed by atoms with E-state index in [1.165, 1.54) is 9.80 Å². The van der Waals surface area contributed by atoms with Gasteiger partial charge in [0.15, 0.2) is 0 Å². The number of carbonyl (C=O) groups excluding carboxylic acids is 3. The van der Waals surface area contributed by atoms with Gasteiger partial charge in [0.1, 0.15) is 6.54 Å². The summed E-state index contributed by atoms with van der Waals surface area (Å²) in [5.41, 5.74) is 2.23. The van der Waals surface area contributed by atoms with Gasteiger partial charge in [-0.15, -0.1) is 0 Å². The smallest absolute Gasteiger partial charge is 0.326 e. The first-order valence-electron chi connectivity index (χ1n) is 7.80. The van der Waals surface area contributed by atoms with Gasteiger partial charge in [0.25, 0.3) is 0 Å². The highest BCUT2D eigenvalue weighted by Gasteiger charge is 2.32. The molecule has 0 spiro atoms. The van der Waals surface area contributed by atoms with Crippen LogP contribution in [0.25, 0.3) is 0 Å². The van der Waals surface area contributed by atoms with E-state index < -0.39 is 0 Å². The number of likely N-dealkylation sites (N-methyl/N-ethyl adjacent to an activating group) is 1. The molecule has 0 saturated carbocycles. The molecule has 1 aromatic rings. The zero-order chi connectivity index (χ0) is 17.0. The zero-order valence-electron chi connectivity index (χ0n) is 13.8. The fourth-order valence-corrected chi connectivity index (χ4v) is 2.75. The number of hydrogen-bond donors (Lipinski definition) is 1. The first kappa shape index (κ1) is 17.0. The lowest BCUT2D eigenvalue weighted by Gasteiger charge is -2.17. The summed E-state index contributed by atoms with van der Waals surface area (Å²) in [6.07, 6.45) is 0.759. The van der Waals surface area contributed by atoms with Crippen molar-refractivity contribution in [2.24, 2.45) is 0 Å². The van der Waals surface area contributed by atoms with Gasteiger partial charge in [0.05, 0.1) is 6.04 Å². The Labute approximate surface area is 136 Å². The number of nitrogens with zero attached hydrogens (tertiary/aromatic N) is 2. The van der Waals surface area contributed by atoms with Gasteiger partial charge in [-0.2, -0.15) is 0 Å². The van der Waals surface area contributed by atoms with Crippen molar-refractivity contribution in [2.75, 3.05) is 20.1 Å². The van der Waals surface area contributed by atoms with Crippen LogP contribution < -0.4 is 5.32 Å². The van der Waals surface area contributed by atoms with Gasteiger partial charge >= 0.3 is 6.03 Å². The number of benzene rings is 1. The standard InChI is InChI=1S/C17H23N3O3/c1-12-7-4-5-8-14(12)13(2)18-15(21)9-6-10-20-16(22)11-19(3)17(20)23/h4-5,7-8,13H,6,9-11H2,1-3H3,(H,18,21). The molecule has 0 bridgehead atoms. The lowest BCUT2D eigenvalue weighted by molar-refractivity contribution is -0.126. The lowest BCUT2D eigenvalue weighted by Crippen LogP contribution is -2.33. The van der Waals surface area contributed by atoms with Gasteiger partial charge in [0.2, 0.25) is 11.8 Å². The molecule has 23 heavy (non-hydrogen) atoms. The topological polar surface area (TPSA) is 69.7 Å². The predicted molar refractivity (Wildman–Crippen MR) is 86.7 cm³/mol. The summed E-state index contributed by atoms with van der Waals surface area (Å²) in [5.74, 6) is -0.278. The third-order valence-corrected chi connectivity index (χ3v) is 4.05. The van der Waals surface area contributed by atoms with Crippen LogP contribution >= 0.6 is 0 Å². The third-order valence-electron chi connectivity index (χ3n) is 4.05. The van der Waals surface area contributed by atoms with E-state index in [4.69, 9.17) is 0 Å². The van der Waals surface area contributed by atoms with Crippen LogP contribution in [0, 0.1) is 6.92 Å². The minimum absolute atomic E-state index is 0.0649. The van der Waals surface area contributed by atoms with E-state index in [-0.39, 0.29) is 43.4 Å². The Kier molecular flexibility index (Phi) is 5.36. The van der Waals surface area contributed by atoms with Crippen LogP contribution in [-0.2, 0) is 9.59 Å². The van der Waals surface area contributed by atoms with Gasteiger partial charge in [-0.05, 0) is 31.4 Å². The molecule has 0 radical (unpaired) electrons. The molecule has 6 nitrogen and oxygen atoms in total. The van der Waals surface area contributed by atoms with Crippen molar-refractivity contribution in [1.82, 2.24) is 15.1 Å². The van der Waals surface area contributed by atoms with Gasteiger partial charge in [-0.3, -0.25) is 14.5 Å². The number of hydrogen-bond acceptors (Lipinski definition) is 3. The monoisotopic (exact) mass is 317 g/mol. The van der Waals surface area contributed by atoms with Crippen LogP contribution in [0.3, 0.4) is 0 Å². The second kappa shape index (κ2) is 7.26. The fraction of sp³-hybridized carbons (Fsp3) is 0.471.